The molecule has 0 unspecified atom stereocenters. The van der Waals surface area contributed by atoms with E-state index in [-0.39, 0.29) is 46.1 Å². The fourth-order valence-corrected chi connectivity index (χ4v) is 8.48. The van der Waals surface area contributed by atoms with E-state index in [0.29, 0.717) is 18.7 Å². The highest BCUT2D eigenvalue weighted by atomic mass is 16.5. The van der Waals surface area contributed by atoms with Gasteiger partial charge in [-0.25, -0.2) is 0 Å². The molecule has 1 N–H and O–H groups in total. The van der Waals surface area contributed by atoms with Crippen LogP contribution in [0.1, 0.15) is 90.2 Å². The Labute approximate surface area is 232 Å². The normalized spacial score (nSPS) is 33.0. The zero-order valence-corrected chi connectivity index (χ0v) is 24.1. The van der Waals surface area contributed by atoms with Crippen molar-refractivity contribution in [3.63, 3.8) is 0 Å². The van der Waals surface area contributed by atoms with E-state index in [1.54, 1.807) is 6.07 Å². The van der Waals surface area contributed by atoms with Gasteiger partial charge in [0.1, 0.15) is 18.1 Å². The minimum absolute atomic E-state index is 0.0364. The van der Waals surface area contributed by atoms with E-state index in [4.69, 9.17) is 4.74 Å². The molecule has 1 aromatic rings. The minimum Gasteiger partial charge on any atom is -0.489 e. The van der Waals surface area contributed by atoms with Gasteiger partial charge in [0.15, 0.2) is 0 Å². The Morgan fingerprint density at radius 2 is 1.56 bits per heavy atom. The molecular weight excluding hydrogens is 490 g/mol. The van der Waals surface area contributed by atoms with Crippen molar-refractivity contribution in [1.82, 2.24) is 10.2 Å². The zero-order valence-electron chi connectivity index (χ0n) is 24.1. The molecule has 0 radical (unpaired) electrons. The minimum atomic E-state index is -0.394. The molecule has 5 aliphatic rings. The molecule has 4 aliphatic carbocycles. The fraction of sp³-hybridized carbons (Fsp3) is 0.688. The van der Waals surface area contributed by atoms with Gasteiger partial charge in [0.2, 0.25) is 11.8 Å². The summed E-state index contributed by atoms with van der Waals surface area (Å²) in [6, 6.07) is 7.73. The third-order valence-electron chi connectivity index (χ3n) is 10.9. The average molecular weight is 534 g/mol. The lowest BCUT2D eigenvalue weighted by Crippen LogP contribution is -2.75. The summed E-state index contributed by atoms with van der Waals surface area (Å²) in [5, 5.41) is 12.7. The van der Waals surface area contributed by atoms with E-state index >= 15 is 0 Å². The van der Waals surface area contributed by atoms with Crippen LogP contribution in [0.4, 0.5) is 0 Å². The first-order chi connectivity index (χ1) is 18.4. The summed E-state index contributed by atoms with van der Waals surface area (Å²) in [4.78, 5) is 40.5. The van der Waals surface area contributed by atoms with Crippen molar-refractivity contribution in [3.8, 4) is 11.8 Å². The number of aldehydes is 1. The van der Waals surface area contributed by atoms with Gasteiger partial charge in [0.25, 0.3) is 0 Å². The van der Waals surface area contributed by atoms with Gasteiger partial charge in [-0.05, 0) is 82.1 Å². The zero-order chi connectivity index (χ0) is 28.2. The maximum absolute atomic E-state index is 13.9. The molecule has 7 nitrogen and oxygen atoms in total. The van der Waals surface area contributed by atoms with Crippen molar-refractivity contribution in [1.29, 1.82) is 5.26 Å². The number of benzene rings is 1. The van der Waals surface area contributed by atoms with Crippen LogP contribution in [0.15, 0.2) is 18.2 Å². The molecule has 0 spiro atoms. The monoisotopic (exact) mass is 533 g/mol. The Kier molecular flexibility index (Phi) is 6.84. The van der Waals surface area contributed by atoms with Crippen LogP contribution in [-0.4, -0.2) is 48.2 Å². The fourth-order valence-electron chi connectivity index (χ4n) is 8.48. The molecule has 2 amide bonds. The van der Waals surface area contributed by atoms with Crippen LogP contribution in [-0.2, 0) is 14.4 Å². The maximum Gasteiger partial charge on any atom is 0.228 e. The number of nitrogens with zero attached hydrogens (tertiary/aromatic N) is 2. The number of carbonyl (C=O) groups excluding carboxylic acids is 3. The van der Waals surface area contributed by atoms with Gasteiger partial charge in [0, 0.05) is 46.7 Å². The Bertz CT molecular complexity index is 1160. The second-order valence-corrected chi connectivity index (χ2v) is 14.0. The summed E-state index contributed by atoms with van der Waals surface area (Å²) >= 11 is 0. The number of carbonyl (C=O) groups is 3. The predicted octanol–water partition coefficient (Wildman–Crippen LogP) is 4.94. The SMILES string of the molecule is Cc1cc(O[C@H]2C(C)(C)[C@H](NC(=O)C34CCC(C(=O)N5CCC(C=O)CC5)(CC3)CC4)C2(C)C)ccc1C#N. The van der Waals surface area contributed by atoms with Crippen molar-refractivity contribution in [3.05, 3.63) is 29.3 Å². The average Bonchev–Trinajstić information content (AvgIpc) is 2.94. The van der Waals surface area contributed by atoms with Crippen molar-refractivity contribution in [2.45, 2.75) is 98.1 Å². The summed E-state index contributed by atoms with van der Waals surface area (Å²) in [6.45, 7) is 11.9. The highest BCUT2D eigenvalue weighted by Gasteiger charge is 2.65. The number of amides is 2. The number of piperidine rings is 1. The van der Waals surface area contributed by atoms with Gasteiger partial charge < -0.3 is 19.7 Å². The van der Waals surface area contributed by atoms with Gasteiger partial charge in [-0.1, -0.05) is 27.7 Å². The molecule has 210 valence electrons. The predicted molar refractivity (Wildman–Crippen MR) is 148 cm³/mol. The third-order valence-corrected chi connectivity index (χ3v) is 10.9. The van der Waals surface area contributed by atoms with Crippen LogP contribution in [0.25, 0.3) is 0 Å². The van der Waals surface area contributed by atoms with Crippen LogP contribution in [0, 0.1) is 45.8 Å². The number of nitriles is 1. The summed E-state index contributed by atoms with van der Waals surface area (Å²) in [5.74, 6) is 1.21. The molecular formula is C32H43N3O4. The first kappa shape index (κ1) is 27.7. The number of hydrogen-bond donors (Lipinski definition) is 1. The number of likely N-dealkylation sites (tertiary alicyclic amines) is 1. The van der Waals surface area contributed by atoms with Crippen molar-refractivity contribution < 1.29 is 19.1 Å². The van der Waals surface area contributed by atoms with E-state index in [1.165, 1.54) is 0 Å². The van der Waals surface area contributed by atoms with Crippen LogP contribution < -0.4 is 10.1 Å². The maximum atomic E-state index is 13.9. The van der Waals surface area contributed by atoms with Crippen LogP contribution in [0.3, 0.4) is 0 Å². The highest BCUT2D eigenvalue weighted by molar-refractivity contribution is 5.87. The first-order valence-electron chi connectivity index (χ1n) is 14.6. The van der Waals surface area contributed by atoms with Gasteiger partial charge in [-0.2, -0.15) is 5.26 Å². The van der Waals surface area contributed by atoms with Crippen LogP contribution in [0.5, 0.6) is 5.75 Å². The first-order valence-corrected chi connectivity index (χ1v) is 14.6. The van der Waals surface area contributed by atoms with Gasteiger partial charge in [0.05, 0.1) is 11.6 Å². The topological polar surface area (TPSA) is 99.5 Å². The molecule has 0 atom stereocenters. The van der Waals surface area contributed by atoms with Crippen molar-refractivity contribution >= 4 is 18.1 Å². The van der Waals surface area contributed by atoms with Crippen molar-refractivity contribution in [2.75, 3.05) is 13.1 Å². The van der Waals surface area contributed by atoms with Crippen LogP contribution >= 0.6 is 0 Å². The summed E-state index contributed by atoms with van der Waals surface area (Å²) in [5.41, 5.74) is 0.274. The molecule has 2 bridgehead atoms. The van der Waals surface area contributed by atoms with E-state index in [0.717, 1.165) is 69.0 Å². The van der Waals surface area contributed by atoms with E-state index < -0.39 is 5.41 Å². The highest BCUT2D eigenvalue weighted by Crippen LogP contribution is 2.60. The summed E-state index contributed by atoms with van der Waals surface area (Å²) < 4.78 is 6.47. The lowest BCUT2D eigenvalue weighted by molar-refractivity contribution is -0.181. The summed E-state index contributed by atoms with van der Waals surface area (Å²) in [7, 11) is 0. The lowest BCUT2D eigenvalue weighted by atomic mass is 9.48. The smallest absolute Gasteiger partial charge is 0.228 e. The Morgan fingerprint density at radius 3 is 2.08 bits per heavy atom. The number of aryl methyl sites for hydroxylation is 1. The molecule has 6 rings (SSSR count). The largest absolute Gasteiger partial charge is 0.489 e. The second-order valence-electron chi connectivity index (χ2n) is 14.0. The Balaban J connectivity index is 1.22. The summed E-state index contributed by atoms with van der Waals surface area (Å²) in [6.07, 6.45) is 7.05. The van der Waals surface area contributed by atoms with E-state index in [2.05, 4.69) is 39.1 Å². The number of fused-ring (bicyclic) bond motifs is 3. The van der Waals surface area contributed by atoms with E-state index in [9.17, 15) is 19.6 Å². The van der Waals surface area contributed by atoms with Crippen molar-refractivity contribution in [2.24, 2.45) is 27.6 Å². The number of hydrogen-bond acceptors (Lipinski definition) is 5. The number of rotatable bonds is 6. The molecule has 7 heteroatoms. The van der Waals surface area contributed by atoms with Crippen LogP contribution in [0.2, 0.25) is 0 Å². The lowest BCUT2D eigenvalue weighted by Gasteiger charge is -2.64. The molecule has 0 aromatic heterocycles. The standard InChI is InChI=1S/C32H43N3O4/c1-21-18-24(7-6-23(21)19-33)39-26-29(2,3)25(30(26,4)5)34-27(37)31-10-13-32(14-11-31,15-12-31)28(38)35-16-8-22(20-36)9-17-35/h6-7,18,20,22,25-26H,8-17H2,1-5H3,(H,34,37)/t25-,26-,31?,32?. The molecule has 1 heterocycles. The molecule has 1 saturated heterocycles. The molecule has 1 aliphatic heterocycles. The number of ether oxygens (including phenoxy) is 1. The number of nitrogens with one attached hydrogen (secondary N) is 1. The molecule has 1 aromatic carbocycles. The van der Waals surface area contributed by atoms with Gasteiger partial charge in [-0.15, -0.1) is 0 Å². The van der Waals surface area contributed by atoms with Gasteiger partial charge >= 0.3 is 0 Å². The molecule has 4 saturated carbocycles. The van der Waals surface area contributed by atoms with E-state index in [1.807, 2.05) is 24.0 Å². The Morgan fingerprint density at radius 1 is 1.00 bits per heavy atom. The quantitative estimate of drug-likeness (QED) is 0.522. The Hall–Kier alpha value is -2.88. The molecule has 39 heavy (non-hydrogen) atoms. The third kappa shape index (κ3) is 4.44. The van der Waals surface area contributed by atoms with Gasteiger partial charge in [-0.3, -0.25) is 9.59 Å². The second kappa shape index (κ2) is 9.64. The molecule has 5 fully saturated rings.